The Morgan fingerprint density at radius 3 is 2.80 bits per heavy atom. The Labute approximate surface area is 115 Å². The summed E-state index contributed by atoms with van der Waals surface area (Å²) in [7, 11) is 0. The number of halogens is 2. The molecule has 0 aliphatic rings. The number of rotatable bonds is 3. The summed E-state index contributed by atoms with van der Waals surface area (Å²) in [5.41, 5.74) is 1.28. The summed E-state index contributed by atoms with van der Waals surface area (Å²) in [4.78, 5) is 18.7. The van der Waals surface area contributed by atoms with Gasteiger partial charge in [0.25, 0.3) is 0 Å². The molecule has 0 aliphatic carbocycles. The van der Waals surface area contributed by atoms with Crippen LogP contribution < -0.4 is 0 Å². The fourth-order valence-corrected chi connectivity index (χ4v) is 2.48. The van der Waals surface area contributed by atoms with Gasteiger partial charge in [-0.1, -0.05) is 0 Å². The zero-order valence-electron chi connectivity index (χ0n) is 9.88. The first-order chi connectivity index (χ1) is 9.54. The molecular weight excluding hydrogens is 288 g/mol. The molecule has 0 aliphatic heterocycles. The highest BCUT2D eigenvalue weighted by molar-refractivity contribution is 7.11. The summed E-state index contributed by atoms with van der Waals surface area (Å²) in [5, 5.41) is 10.4. The number of aromatic nitrogens is 3. The molecule has 102 valence electrons. The Kier molecular flexibility index (Phi) is 2.94. The number of carboxylic acid groups (broad SMARTS) is 1. The molecule has 0 saturated carbocycles. The van der Waals surface area contributed by atoms with Crippen molar-refractivity contribution >= 4 is 28.3 Å². The molecule has 8 heteroatoms. The lowest BCUT2D eigenvalue weighted by Gasteiger charge is -2.01. The third-order valence-electron chi connectivity index (χ3n) is 2.73. The largest absolute Gasteiger partial charge is 0.476 e. The first-order valence-electron chi connectivity index (χ1n) is 5.52. The Morgan fingerprint density at radius 2 is 2.10 bits per heavy atom. The summed E-state index contributed by atoms with van der Waals surface area (Å²) in [6, 6.07) is 2.08. The predicted molar refractivity (Wildman–Crippen MR) is 67.8 cm³/mol. The minimum Gasteiger partial charge on any atom is -0.476 e. The number of benzene rings is 1. The van der Waals surface area contributed by atoms with Gasteiger partial charge in [-0.3, -0.25) is 0 Å². The number of aromatic carboxylic acids is 1. The van der Waals surface area contributed by atoms with Gasteiger partial charge in [-0.2, -0.15) is 0 Å². The van der Waals surface area contributed by atoms with Crippen molar-refractivity contribution in [3.63, 3.8) is 0 Å². The smallest absolute Gasteiger partial charge is 0.365 e. The lowest BCUT2D eigenvalue weighted by atomic mass is 10.3. The van der Waals surface area contributed by atoms with Crippen molar-refractivity contribution in [3.05, 3.63) is 46.2 Å². The van der Waals surface area contributed by atoms with E-state index < -0.39 is 17.6 Å². The molecule has 0 saturated heterocycles. The molecular formula is C12H7F2N3O2S. The second-order valence-electron chi connectivity index (χ2n) is 4.08. The van der Waals surface area contributed by atoms with Crippen LogP contribution in [0, 0.1) is 11.6 Å². The zero-order chi connectivity index (χ0) is 14.3. The first-order valence-corrected chi connectivity index (χ1v) is 6.40. The van der Waals surface area contributed by atoms with E-state index in [1.165, 1.54) is 6.33 Å². The molecule has 2 aromatic heterocycles. The van der Waals surface area contributed by atoms with E-state index in [2.05, 4.69) is 9.97 Å². The Hall–Kier alpha value is -2.35. The fourth-order valence-electron chi connectivity index (χ4n) is 1.83. The molecule has 1 aromatic carbocycles. The molecule has 0 spiro atoms. The lowest BCUT2D eigenvalue weighted by Crippen LogP contribution is -2.01. The van der Waals surface area contributed by atoms with Gasteiger partial charge >= 0.3 is 5.97 Å². The summed E-state index contributed by atoms with van der Waals surface area (Å²) in [5.74, 6) is -3.00. The van der Waals surface area contributed by atoms with Gasteiger partial charge in [0.2, 0.25) is 5.01 Å². The highest BCUT2D eigenvalue weighted by atomic mass is 32.1. The molecule has 0 amide bonds. The van der Waals surface area contributed by atoms with Crippen LogP contribution in [0.2, 0.25) is 0 Å². The van der Waals surface area contributed by atoms with E-state index in [1.807, 2.05) is 0 Å². The number of imidazole rings is 1. The first kappa shape index (κ1) is 12.7. The molecule has 2 heterocycles. The van der Waals surface area contributed by atoms with E-state index in [0.29, 0.717) is 16.7 Å². The maximum atomic E-state index is 13.2. The zero-order valence-corrected chi connectivity index (χ0v) is 10.7. The van der Waals surface area contributed by atoms with Crippen molar-refractivity contribution in [3.8, 4) is 0 Å². The van der Waals surface area contributed by atoms with Gasteiger partial charge in [-0.05, 0) is 0 Å². The molecule has 0 fully saturated rings. The minimum atomic E-state index is -1.09. The standard InChI is InChI=1S/C12H7F2N3O2S/c13-7-1-9-10(2-8(7)14)17(5-15-9)3-6-4-20-11(16-6)12(18)19/h1-2,4-5H,3H2,(H,18,19). The number of nitrogens with zero attached hydrogens (tertiary/aromatic N) is 3. The summed E-state index contributed by atoms with van der Waals surface area (Å²) in [6.07, 6.45) is 1.43. The third kappa shape index (κ3) is 2.14. The van der Waals surface area contributed by atoms with Gasteiger partial charge in [0.15, 0.2) is 11.6 Å². The number of carbonyl (C=O) groups is 1. The maximum Gasteiger partial charge on any atom is 0.365 e. The second-order valence-corrected chi connectivity index (χ2v) is 4.93. The van der Waals surface area contributed by atoms with E-state index in [-0.39, 0.29) is 11.6 Å². The summed E-state index contributed by atoms with van der Waals surface area (Å²) < 4.78 is 27.9. The van der Waals surface area contributed by atoms with Crippen molar-refractivity contribution in [2.75, 3.05) is 0 Å². The van der Waals surface area contributed by atoms with Crippen LogP contribution in [0.5, 0.6) is 0 Å². The average molecular weight is 295 g/mol. The normalized spacial score (nSPS) is 11.1. The van der Waals surface area contributed by atoms with Crippen LogP contribution in [-0.4, -0.2) is 25.6 Å². The molecule has 5 nitrogen and oxygen atoms in total. The number of thiazole rings is 1. The van der Waals surface area contributed by atoms with Crippen LogP contribution in [-0.2, 0) is 6.54 Å². The number of carboxylic acids is 1. The van der Waals surface area contributed by atoms with Crippen LogP contribution in [0.15, 0.2) is 23.8 Å². The van der Waals surface area contributed by atoms with E-state index >= 15 is 0 Å². The number of fused-ring (bicyclic) bond motifs is 1. The van der Waals surface area contributed by atoms with E-state index in [9.17, 15) is 13.6 Å². The van der Waals surface area contributed by atoms with Crippen molar-refractivity contribution in [2.24, 2.45) is 0 Å². The van der Waals surface area contributed by atoms with Crippen molar-refractivity contribution in [2.45, 2.75) is 6.54 Å². The topological polar surface area (TPSA) is 68.0 Å². The van der Waals surface area contributed by atoms with E-state index in [1.54, 1.807) is 9.95 Å². The molecule has 3 aromatic rings. The van der Waals surface area contributed by atoms with E-state index in [4.69, 9.17) is 5.11 Å². The van der Waals surface area contributed by atoms with E-state index in [0.717, 1.165) is 23.5 Å². The Morgan fingerprint density at radius 1 is 1.35 bits per heavy atom. The Bertz CT molecular complexity index is 812. The highest BCUT2D eigenvalue weighted by Gasteiger charge is 2.12. The van der Waals surface area contributed by atoms with Crippen LogP contribution >= 0.6 is 11.3 Å². The van der Waals surface area contributed by atoms with Crippen LogP contribution in [0.4, 0.5) is 8.78 Å². The molecule has 1 N–H and O–H groups in total. The number of hydrogen-bond donors (Lipinski definition) is 1. The second kappa shape index (κ2) is 4.64. The maximum absolute atomic E-state index is 13.2. The van der Waals surface area contributed by atoms with Crippen LogP contribution in [0.3, 0.4) is 0 Å². The SMILES string of the molecule is O=C(O)c1nc(Cn2cnc3cc(F)c(F)cc32)cs1. The summed E-state index contributed by atoms with van der Waals surface area (Å²) >= 11 is 1.01. The van der Waals surface area contributed by atoms with Crippen molar-refractivity contribution < 1.29 is 18.7 Å². The quantitative estimate of drug-likeness (QED) is 0.806. The lowest BCUT2D eigenvalue weighted by molar-refractivity contribution is 0.0696. The molecule has 0 atom stereocenters. The fraction of sp³-hybridized carbons (Fsp3) is 0.0833. The molecule has 3 rings (SSSR count). The van der Waals surface area contributed by atoms with Gasteiger partial charge in [0.1, 0.15) is 0 Å². The predicted octanol–water partition coefficient (Wildman–Crippen LogP) is 2.52. The molecule has 0 unspecified atom stereocenters. The summed E-state index contributed by atoms with van der Waals surface area (Å²) in [6.45, 7) is 0.241. The van der Waals surface area contributed by atoms with Crippen molar-refractivity contribution in [1.82, 2.24) is 14.5 Å². The number of hydrogen-bond acceptors (Lipinski definition) is 4. The van der Waals surface area contributed by atoms with Gasteiger partial charge in [0, 0.05) is 17.5 Å². The van der Waals surface area contributed by atoms with Gasteiger partial charge in [-0.15, -0.1) is 11.3 Å². The van der Waals surface area contributed by atoms with Gasteiger partial charge in [-0.25, -0.2) is 23.5 Å². The third-order valence-corrected chi connectivity index (χ3v) is 3.61. The van der Waals surface area contributed by atoms with Crippen molar-refractivity contribution in [1.29, 1.82) is 0 Å². The monoisotopic (exact) mass is 295 g/mol. The van der Waals surface area contributed by atoms with Crippen LogP contribution in [0.25, 0.3) is 11.0 Å². The highest BCUT2D eigenvalue weighted by Crippen LogP contribution is 2.19. The molecule has 0 bridgehead atoms. The molecule has 20 heavy (non-hydrogen) atoms. The van der Waals surface area contributed by atoms with Crippen LogP contribution in [0.1, 0.15) is 15.5 Å². The minimum absolute atomic E-state index is 0.0124. The Balaban J connectivity index is 1.98. The van der Waals surface area contributed by atoms with Gasteiger partial charge in [0.05, 0.1) is 29.6 Å². The molecule has 0 radical (unpaired) electrons. The van der Waals surface area contributed by atoms with Gasteiger partial charge < -0.3 is 9.67 Å². The average Bonchev–Trinajstić information content (AvgIpc) is 3.00.